The molecule has 0 spiro atoms. The van der Waals surface area contributed by atoms with Gasteiger partial charge in [-0.05, 0) is 25.0 Å². The van der Waals surface area contributed by atoms with E-state index in [2.05, 4.69) is 15.0 Å². The van der Waals surface area contributed by atoms with E-state index in [-0.39, 0.29) is 5.69 Å². The van der Waals surface area contributed by atoms with Gasteiger partial charge in [-0.25, -0.2) is 0 Å². The molecule has 0 radical (unpaired) electrons. The molecule has 0 N–H and O–H groups in total. The minimum Gasteiger partial charge on any atom is -0.375 e. The van der Waals surface area contributed by atoms with Crippen LogP contribution in [0.4, 0.5) is 5.69 Å². The first-order valence-electron chi connectivity index (χ1n) is 8.64. The maximum Gasteiger partial charge on any atom is 0.269 e. The molecule has 1 aromatic carbocycles. The van der Waals surface area contributed by atoms with E-state index in [0.29, 0.717) is 36.0 Å². The topological polar surface area (TPSA) is 94.5 Å². The van der Waals surface area contributed by atoms with Crippen LogP contribution < -0.4 is 0 Å². The number of morpholine rings is 1. The summed E-state index contributed by atoms with van der Waals surface area (Å²) in [7, 11) is 0. The molecule has 2 aromatic rings. The average Bonchev–Trinajstić information content (AvgIpc) is 3.11. The summed E-state index contributed by atoms with van der Waals surface area (Å²) in [6.07, 6.45) is 5.06. The number of aromatic nitrogens is 2. The number of fused-ring (bicyclic) bond motifs is 1. The standard InChI is InChI=1S/C17H20N4O4/c22-21(23)13-7-5-12(6-8-13)17-18-16(25-19-17)11-20-9-10-24-15-4-2-1-3-14(15)20/h5-8,14-15H,1-4,9-11H2/t14-,15-/m1/s1. The number of non-ortho nitro benzene ring substituents is 1. The van der Waals surface area contributed by atoms with E-state index >= 15 is 0 Å². The average molecular weight is 344 g/mol. The van der Waals surface area contributed by atoms with Gasteiger partial charge in [0.2, 0.25) is 11.7 Å². The van der Waals surface area contributed by atoms with Crippen LogP contribution in [0.1, 0.15) is 31.6 Å². The molecule has 0 unspecified atom stereocenters. The van der Waals surface area contributed by atoms with Crippen LogP contribution >= 0.6 is 0 Å². The molecular formula is C17H20N4O4. The minimum atomic E-state index is -0.426. The van der Waals surface area contributed by atoms with Crippen molar-refractivity contribution in [3.05, 3.63) is 40.3 Å². The molecule has 1 aliphatic heterocycles. The molecule has 25 heavy (non-hydrogen) atoms. The second-order valence-electron chi connectivity index (χ2n) is 6.55. The maximum absolute atomic E-state index is 10.7. The first-order chi connectivity index (χ1) is 12.2. The number of benzene rings is 1. The lowest BCUT2D eigenvalue weighted by Gasteiger charge is -2.43. The molecule has 1 saturated carbocycles. The fourth-order valence-corrected chi connectivity index (χ4v) is 3.72. The monoisotopic (exact) mass is 344 g/mol. The summed E-state index contributed by atoms with van der Waals surface area (Å²) in [4.78, 5) is 17.1. The first kappa shape index (κ1) is 16.2. The molecule has 0 amide bonds. The SMILES string of the molecule is O=[N+]([O-])c1ccc(-c2noc(CN3CCO[C@@H]4CCCC[C@H]43)n2)cc1. The third-order valence-corrected chi connectivity index (χ3v) is 4.99. The number of hydrogen-bond acceptors (Lipinski definition) is 7. The molecule has 2 aliphatic rings. The van der Waals surface area contributed by atoms with Crippen molar-refractivity contribution in [2.75, 3.05) is 13.2 Å². The van der Waals surface area contributed by atoms with Gasteiger partial charge in [0.25, 0.3) is 5.69 Å². The Morgan fingerprint density at radius 2 is 2.04 bits per heavy atom. The number of rotatable bonds is 4. The molecule has 1 aliphatic carbocycles. The van der Waals surface area contributed by atoms with Crippen molar-refractivity contribution in [3.8, 4) is 11.4 Å². The molecule has 2 heterocycles. The van der Waals surface area contributed by atoms with Gasteiger partial charge >= 0.3 is 0 Å². The molecule has 0 bridgehead atoms. The molecular weight excluding hydrogens is 324 g/mol. The van der Waals surface area contributed by atoms with Gasteiger partial charge < -0.3 is 9.26 Å². The van der Waals surface area contributed by atoms with Gasteiger partial charge in [-0.2, -0.15) is 4.98 Å². The quantitative estimate of drug-likeness (QED) is 0.621. The Labute approximate surface area is 144 Å². The van der Waals surface area contributed by atoms with E-state index in [1.807, 2.05) is 0 Å². The zero-order chi connectivity index (χ0) is 17.2. The van der Waals surface area contributed by atoms with Crippen molar-refractivity contribution in [1.82, 2.24) is 15.0 Å². The largest absolute Gasteiger partial charge is 0.375 e. The van der Waals surface area contributed by atoms with Crippen molar-refractivity contribution in [2.24, 2.45) is 0 Å². The Balaban J connectivity index is 1.46. The Morgan fingerprint density at radius 3 is 2.84 bits per heavy atom. The van der Waals surface area contributed by atoms with Crippen molar-refractivity contribution in [3.63, 3.8) is 0 Å². The lowest BCUT2D eigenvalue weighted by molar-refractivity contribution is -0.384. The van der Waals surface area contributed by atoms with Crippen molar-refractivity contribution in [2.45, 2.75) is 44.4 Å². The Hall–Kier alpha value is -2.32. The number of ether oxygens (including phenoxy) is 1. The van der Waals surface area contributed by atoms with Gasteiger partial charge in [0, 0.05) is 30.3 Å². The number of nitro benzene ring substituents is 1. The molecule has 4 rings (SSSR count). The van der Waals surface area contributed by atoms with Crippen LogP contribution in [0.25, 0.3) is 11.4 Å². The minimum absolute atomic E-state index is 0.0455. The Bertz CT molecular complexity index is 743. The highest BCUT2D eigenvalue weighted by molar-refractivity contribution is 5.56. The van der Waals surface area contributed by atoms with Crippen LogP contribution in [0, 0.1) is 10.1 Å². The Kier molecular flexibility index (Phi) is 4.46. The van der Waals surface area contributed by atoms with Crippen LogP contribution in [-0.2, 0) is 11.3 Å². The molecule has 1 aromatic heterocycles. The zero-order valence-electron chi connectivity index (χ0n) is 13.8. The van der Waals surface area contributed by atoms with Crippen LogP contribution in [0.3, 0.4) is 0 Å². The molecule has 132 valence electrons. The second-order valence-corrected chi connectivity index (χ2v) is 6.55. The maximum atomic E-state index is 10.7. The van der Waals surface area contributed by atoms with E-state index in [0.717, 1.165) is 26.0 Å². The summed E-state index contributed by atoms with van der Waals surface area (Å²) in [6.45, 7) is 2.23. The predicted molar refractivity (Wildman–Crippen MR) is 88.8 cm³/mol. The van der Waals surface area contributed by atoms with Crippen LogP contribution in [0.2, 0.25) is 0 Å². The van der Waals surface area contributed by atoms with E-state index in [9.17, 15) is 10.1 Å². The smallest absolute Gasteiger partial charge is 0.269 e. The van der Waals surface area contributed by atoms with Gasteiger partial charge in [0.05, 0.1) is 24.2 Å². The highest BCUT2D eigenvalue weighted by atomic mass is 16.6. The highest BCUT2D eigenvalue weighted by Gasteiger charge is 2.34. The number of nitro groups is 1. The van der Waals surface area contributed by atoms with Crippen molar-refractivity contribution >= 4 is 5.69 Å². The van der Waals surface area contributed by atoms with Crippen molar-refractivity contribution < 1.29 is 14.2 Å². The summed E-state index contributed by atoms with van der Waals surface area (Å²) in [6, 6.07) is 6.59. The second kappa shape index (κ2) is 6.89. The third-order valence-electron chi connectivity index (χ3n) is 4.99. The highest BCUT2D eigenvalue weighted by Crippen LogP contribution is 2.29. The van der Waals surface area contributed by atoms with Crippen molar-refractivity contribution in [1.29, 1.82) is 0 Å². The summed E-state index contributed by atoms with van der Waals surface area (Å²) >= 11 is 0. The van der Waals surface area contributed by atoms with E-state index in [4.69, 9.17) is 9.26 Å². The van der Waals surface area contributed by atoms with Gasteiger partial charge in [0.15, 0.2) is 0 Å². The molecule has 2 atom stereocenters. The fourth-order valence-electron chi connectivity index (χ4n) is 3.72. The summed E-state index contributed by atoms with van der Waals surface area (Å²) in [5, 5.41) is 14.7. The van der Waals surface area contributed by atoms with Gasteiger partial charge in [0.1, 0.15) is 0 Å². The lowest BCUT2D eigenvalue weighted by Crippen LogP contribution is -2.52. The Morgan fingerprint density at radius 1 is 1.24 bits per heavy atom. The summed E-state index contributed by atoms with van der Waals surface area (Å²) in [5.41, 5.74) is 0.752. The zero-order valence-corrected chi connectivity index (χ0v) is 13.8. The number of nitrogens with zero attached hydrogens (tertiary/aromatic N) is 4. The first-order valence-corrected chi connectivity index (χ1v) is 8.64. The molecule has 1 saturated heterocycles. The predicted octanol–water partition coefficient (Wildman–Crippen LogP) is 2.79. The number of hydrogen-bond donors (Lipinski definition) is 0. The van der Waals surface area contributed by atoms with E-state index < -0.39 is 4.92 Å². The normalized spacial score (nSPS) is 24.0. The van der Waals surface area contributed by atoms with Crippen LogP contribution in [0.5, 0.6) is 0 Å². The van der Waals surface area contributed by atoms with Gasteiger partial charge in [-0.15, -0.1) is 0 Å². The van der Waals surface area contributed by atoms with Crippen LogP contribution in [-0.4, -0.2) is 45.3 Å². The summed E-state index contributed by atoms with van der Waals surface area (Å²) < 4.78 is 11.3. The molecule has 8 heteroatoms. The van der Waals surface area contributed by atoms with E-state index in [1.54, 1.807) is 12.1 Å². The summed E-state index contributed by atoms with van der Waals surface area (Å²) in [5.74, 6) is 1.03. The van der Waals surface area contributed by atoms with Crippen LogP contribution in [0.15, 0.2) is 28.8 Å². The molecule has 8 nitrogen and oxygen atoms in total. The molecule has 2 fully saturated rings. The van der Waals surface area contributed by atoms with Gasteiger partial charge in [-0.1, -0.05) is 18.0 Å². The third kappa shape index (κ3) is 3.40. The fraction of sp³-hybridized carbons (Fsp3) is 0.529. The van der Waals surface area contributed by atoms with E-state index in [1.165, 1.54) is 25.0 Å². The van der Waals surface area contributed by atoms with Gasteiger partial charge in [-0.3, -0.25) is 15.0 Å². The lowest BCUT2D eigenvalue weighted by atomic mass is 9.90.